The number of rotatable bonds is 1. The Labute approximate surface area is 127 Å². The molecule has 0 bridgehead atoms. The molecule has 108 valence electrons. The van der Waals surface area contributed by atoms with Crippen molar-refractivity contribution in [2.45, 2.75) is 46.5 Å². The molecule has 1 nitrogen and oxygen atoms in total. The summed E-state index contributed by atoms with van der Waals surface area (Å²) in [5.41, 5.74) is 9.13. The van der Waals surface area contributed by atoms with Gasteiger partial charge in [0.25, 0.3) is 0 Å². The molecule has 0 spiro atoms. The molecule has 1 aromatic heterocycles. The van der Waals surface area contributed by atoms with Crippen LogP contribution in [0, 0.1) is 6.92 Å². The van der Waals surface area contributed by atoms with E-state index in [9.17, 15) is 0 Å². The van der Waals surface area contributed by atoms with Crippen LogP contribution in [0.3, 0.4) is 0 Å². The average Bonchev–Trinajstić information content (AvgIpc) is 2.77. The molecule has 0 N–H and O–H groups in total. The Morgan fingerprint density at radius 2 is 1.67 bits per heavy atom. The molecule has 1 heterocycles. The van der Waals surface area contributed by atoms with E-state index in [1.807, 2.05) is 0 Å². The molecule has 0 fully saturated rings. The van der Waals surface area contributed by atoms with Crippen LogP contribution in [-0.4, -0.2) is 4.98 Å². The quantitative estimate of drug-likeness (QED) is 0.688. The number of nitrogens with zero attached hydrogens (tertiary/aromatic N) is 1. The lowest BCUT2D eigenvalue weighted by atomic mass is 9.82. The Morgan fingerprint density at radius 3 is 2.29 bits per heavy atom. The van der Waals surface area contributed by atoms with Crippen molar-refractivity contribution in [3.05, 3.63) is 58.3 Å². The third-order valence-electron chi connectivity index (χ3n) is 4.15. The molecule has 0 unspecified atom stereocenters. The molecule has 0 aliphatic heterocycles. The maximum Gasteiger partial charge on any atom is 0.0712 e. The van der Waals surface area contributed by atoms with E-state index < -0.39 is 0 Å². The zero-order valence-corrected chi connectivity index (χ0v) is 13.6. The molecular formula is C20H23N. The Bertz CT molecular complexity index is 713. The van der Waals surface area contributed by atoms with Gasteiger partial charge >= 0.3 is 0 Å². The van der Waals surface area contributed by atoms with E-state index in [2.05, 4.69) is 71.0 Å². The van der Waals surface area contributed by atoms with Gasteiger partial charge in [-0.05, 0) is 49.0 Å². The molecule has 21 heavy (non-hydrogen) atoms. The smallest absolute Gasteiger partial charge is 0.0712 e. The number of hydrogen-bond donors (Lipinski definition) is 0. The second kappa shape index (κ2) is 4.84. The second-order valence-corrected chi connectivity index (χ2v) is 7.20. The Morgan fingerprint density at radius 1 is 1.00 bits per heavy atom. The number of aryl methyl sites for hydroxylation is 1. The minimum Gasteiger partial charge on any atom is -0.248 e. The first-order valence-corrected chi connectivity index (χ1v) is 7.63. The Kier molecular flexibility index (Phi) is 3.24. The maximum atomic E-state index is 4.90. The van der Waals surface area contributed by atoms with Crippen molar-refractivity contribution >= 4 is 6.08 Å². The molecule has 1 heteroatoms. The van der Waals surface area contributed by atoms with Gasteiger partial charge in [-0.15, -0.1) is 0 Å². The molecule has 0 atom stereocenters. The molecule has 0 amide bonds. The molecule has 1 aromatic carbocycles. The number of benzene rings is 1. The number of allylic oxidation sites excluding steroid dienone is 1. The average molecular weight is 277 g/mol. The Balaban J connectivity index is 2.19. The molecule has 3 rings (SSSR count). The molecule has 0 saturated carbocycles. The number of aromatic nitrogens is 1. The van der Waals surface area contributed by atoms with Gasteiger partial charge in [-0.1, -0.05) is 56.2 Å². The van der Waals surface area contributed by atoms with Gasteiger partial charge in [0.1, 0.15) is 0 Å². The predicted octanol–water partition coefficient (Wildman–Crippen LogP) is 5.31. The van der Waals surface area contributed by atoms with Crippen molar-refractivity contribution in [3.8, 4) is 11.3 Å². The zero-order chi connectivity index (χ0) is 15.2. The summed E-state index contributed by atoms with van der Waals surface area (Å²) >= 11 is 0. The van der Waals surface area contributed by atoms with Crippen LogP contribution in [0.5, 0.6) is 0 Å². The van der Waals surface area contributed by atoms with E-state index in [4.69, 9.17) is 4.98 Å². The van der Waals surface area contributed by atoms with Crippen molar-refractivity contribution in [2.24, 2.45) is 0 Å². The summed E-state index contributed by atoms with van der Waals surface area (Å²) in [6.45, 7) is 11.2. The molecule has 0 saturated heterocycles. The molecule has 1 aliphatic carbocycles. The van der Waals surface area contributed by atoms with Gasteiger partial charge in [0.05, 0.1) is 11.4 Å². The first-order valence-electron chi connectivity index (χ1n) is 7.63. The first kappa shape index (κ1) is 14.1. The summed E-state index contributed by atoms with van der Waals surface area (Å²) in [7, 11) is 0. The van der Waals surface area contributed by atoms with Crippen molar-refractivity contribution in [3.63, 3.8) is 0 Å². The lowest BCUT2D eigenvalue weighted by Crippen LogP contribution is -2.15. The number of pyridine rings is 1. The Hall–Kier alpha value is -1.89. The van der Waals surface area contributed by atoms with Crippen molar-refractivity contribution in [2.75, 3.05) is 0 Å². The largest absolute Gasteiger partial charge is 0.248 e. The van der Waals surface area contributed by atoms with Crippen LogP contribution in [0.15, 0.2) is 35.9 Å². The predicted molar refractivity (Wildman–Crippen MR) is 90.5 cm³/mol. The van der Waals surface area contributed by atoms with Gasteiger partial charge in [0, 0.05) is 5.56 Å². The van der Waals surface area contributed by atoms with Gasteiger partial charge in [-0.2, -0.15) is 0 Å². The van der Waals surface area contributed by atoms with E-state index in [0.717, 1.165) is 17.8 Å². The monoisotopic (exact) mass is 277 g/mol. The van der Waals surface area contributed by atoms with Crippen molar-refractivity contribution in [1.82, 2.24) is 4.98 Å². The fourth-order valence-corrected chi connectivity index (χ4v) is 3.00. The van der Waals surface area contributed by atoms with Gasteiger partial charge < -0.3 is 0 Å². The minimum absolute atomic E-state index is 0.144. The maximum absolute atomic E-state index is 4.90. The fraction of sp³-hybridized carbons (Fsp3) is 0.350. The van der Waals surface area contributed by atoms with Crippen molar-refractivity contribution in [1.29, 1.82) is 0 Å². The second-order valence-electron chi connectivity index (χ2n) is 7.20. The minimum atomic E-state index is 0.144. The van der Waals surface area contributed by atoms with Gasteiger partial charge in [-0.3, -0.25) is 0 Å². The normalized spacial score (nSPS) is 14.0. The van der Waals surface area contributed by atoms with Crippen LogP contribution < -0.4 is 0 Å². The molecule has 1 aliphatic rings. The first-order chi connectivity index (χ1) is 9.84. The highest BCUT2D eigenvalue weighted by molar-refractivity contribution is 5.69. The van der Waals surface area contributed by atoms with Crippen LogP contribution >= 0.6 is 0 Å². The summed E-state index contributed by atoms with van der Waals surface area (Å²) in [5.74, 6) is 0. The van der Waals surface area contributed by atoms with Gasteiger partial charge in [0.2, 0.25) is 0 Å². The highest BCUT2D eigenvalue weighted by Gasteiger charge is 2.24. The molecule has 0 radical (unpaired) electrons. The SMILES string of the molecule is CC1=Cc2nc(-c3ccc(C)cc3)cc(C(C)(C)C)c2C1. The van der Waals surface area contributed by atoms with Crippen LogP contribution in [-0.2, 0) is 11.8 Å². The lowest BCUT2D eigenvalue weighted by Gasteiger charge is -2.23. The van der Waals surface area contributed by atoms with Crippen LogP contribution in [0.1, 0.15) is 50.1 Å². The highest BCUT2D eigenvalue weighted by Crippen LogP contribution is 2.36. The molecular weight excluding hydrogens is 254 g/mol. The van der Waals surface area contributed by atoms with E-state index in [0.29, 0.717) is 0 Å². The van der Waals surface area contributed by atoms with Crippen molar-refractivity contribution < 1.29 is 0 Å². The fourth-order valence-electron chi connectivity index (χ4n) is 3.00. The number of hydrogen-bond acceptors (Lipinski definition) is 1. The van der Waals surface area contributed by atoms with E-state index in [-0.39, 0.29) is 5.41 Å². The third kappa shape index (κ3) is 2.65. The summed E-state index contributed by atoms with van der Waals surface area (Å²) < 4.78 is 0. The zero-order valence-electron chi connectivity index (χ0n) is 13.6. The van der Waals surface area contributed by atoms with Gasteiger partial charge in [-0.25, -0.2) is 4.98 Å². The van der Waals surface area contributed by atoms with Crippen LogP contribution in [0.2, 0.25) is 0 Å². The topological polar surface area (TPSA) is 12.9 Å². The summed E-state index contributed by atoms with van der Waals surface area (Å²) in [6, 6.07) is 10.9. The van der Waals surface area contributed by atoms with Crippen LogP contribution in [0.4, 0.5) is 0 Å². The van der Waals surface area contributed by atoms with Gasteiger partial charge in [0.15, 0.2) is 0 Å². The van der Waals surface area contributed by atoms with E-state index >= 15 is 0 Å². The van der Waals surface area contributed by atoms with E-state index in [1.54, 1.807) is 0 Å². The highest BCUT2D eigenvalue weighted by atomic mass is 14.7. The third-order valence-corrected chi connectivity index (χ3v) is 4.15. The van der Waals surface area contributed by atoms with E-state index in [1.165, 1.54) is 27.8 Å². The lowest BCUT2D eigenvalue weighted by molar-refractivity contribution is 0.583. The summed E-state index contributed by atoms with van der Waals surface area (Å²) in [5, 5.41) is 0. The summed E-state index contributed by atoms with van der Waals surface area (Å²) in [4.78, 5) is 4.90. The number of fused-ring (bicyclic) bond motifs is 1. The standard InChI is InChI=1S/C20H23N/c1-13-6-8-15(9-7-13)18-12-17(20(3,4)5)16-10-14(2)11-19(16)21-18/h6-9,11-12H,10H2,1-5H3. The summed E-state index contributed by atoms with van der Waals surface area (Å²) in [6.07, 6.45) is 3.28. The van der Waals surface area contributed by atoms with Crippen LogP contribution in [0.25, 0.3) is 17.3 Å². The molecule has 2 aromatic rings.